The highest BCUT2D eigenvalue weighted by Gasteiger charge is 2.49. The number of para-hydroxylation sites is 1. The molecule has 0 radical (unpaired) electrons. The smallest absolute Gasteiger partial charge is 0.308 e. The third kappa shape index (κ3) is 2.12. The maximum Gasteiger partial charge on any atom is 0.308 e. The van der Waals surface area contributed by atoms with Crippen molar-refractivity contribution >= 4 is 12.7 Å². The first-order valence-corrected chi connectivity index (χ1v) is 8.83. The zero-order valence-corrected chi connectivity index (χ0v) is 13.1. The van der Waals surface area contributed by atoms with E-state index in [9.17, 15) is 9.67 Å². The molecule has 3 rings (SSSR count). The molecule has 0 aliphatic carbocycles. The van der Waals surface area contributed by atoms with Crippen LogP contribution >= 0.6 is 7.37 Å². The van der Waals surface area contributed by atoms with Gasteiger partial charge in [-0.3, -0.25) is 4.57 Å². The van der Waals surface area contributed by atoms with Crippen LogP contribution in [0.3, 0.4) is 0 Å². The van der Waals surface area contributed by atoms with Crippen molar-refractivity contribution in [2.45, 2.75) is 32.0 Å². The van der Waals surface area contributed by atoms with E-state index >= 15 is 0 Å². The lowest BCUT2D eigenvalue weighted by molar-refractivity contribution is 0.122. The van der Waals surface area contributed by atoms with E-state index in [-0.39, 0.29) is 0 Å². The maximum atomic E-state index is 13.6. The molecule has 1 heterocycles. The summed E-state index contributed by atoms with van der Waals surface area (Å²) in [6.07, 6.45) is 1.17. The van der Waals surface area contributed by atoms with Crippen molar-refractivity contribution in [2.24, 2.45) is 0 Å². The lowest BCUT2D eigenvalue weighted by atomic mass is 10.0. The average Bonchev–Trinajstić information content (AvgIpc) is 2.47. The minimum absolute atomic E-state index is 0.431. The molecule has 2 unspecified atom stereocenters. The van der Waals surface area contributed by atoms with E-state index < -0.39 is 12.7 Å². The number of fused-ring (bicyclic) bond motifs is 3. The van der Waals surface area contributed by atoms with Crippen molar-refractivity contribution < 1.29 is 14.2 Å². The van der Waals surface area contributed by atoms with Crippen molar-refractivity contribution in [1.82, 2.24) is 0 Å². The Balaban J connectivity index is 2.26. The molecule has 3 nitrogen and oxygen atoms in total. The fraction of sp³-hybridized carbons (Fsp3) is 0.294. The Morgan fingerprint density at radius 1 is 1.10 bits per heavy atom. The summed E-state index contributed by atoms with van der Waals surface area (Å²) in [6, 6.07) is 15.0. The van der Waals surface area contributed by atoms with Crippen LogP contribution in [0.2, 0.25) is 0 Å². The fourth-order valence-corrected chi connectivity index (χ4v) is 5.46. The molecule has 0 aromatic heterocycles. The minimum Gasteiger partial charge on any atom is -0.437 e. The zero-order chi connectivity index (χ0) is 15.1. The third-order valence-corrected chi connectivity index (χ3v) is 6.95. The second kappa shape index (κ2) is 5.01. The summed E-state index contributed by atoms with van der Waals surface area (Å²) in [7, 11) is -3.40. The molecule has 110 valence electrons. The molecule has 21 heavy (non-hydrogen) atoms. The van der Waals surface area contributed by atoms with Crippen molar-refractivity contribution in [3.05, 3.63) is 48.5 Å². The quantitative estimate of drug-likeness (QED) is 0.866. The van der Waals surface area contributed by atoms with E-state index in [1.54, 1.807) is 19.1 Å². The molecule has 4 heteroatoms. The van der Waals surface area contributed by atoms with Gasteiger partial charge in [0.25, 0.3) is 0 Å². The van der Waals surface area contributed by atoms with Crippen molar-refractivity contribution in [1.29, 1.82) is 0 Å². The summed E-state index contributed by atoms with van der Waals surface area (Å²) in [5, 5.41) is 10.0. The highest BCUT2D eigenvalue weighted by atomic mass is 31.2. The lowest BCUT2D eigenvalue weighted by Crippen LogP contribution is -2.34. The van der Waals surface area contributed by atoms with Crippen molar-refractivity contribution in [2.75, 3.05) is 0 Å². The average molecular weight is 302 g/mol. The molecule has 0 fully saturated rings. The first-order valence-electron chi connectivity index (χ1n) is 7.21. The van der Waals surface area contributed by atoms with Gasteiger partial charge in [0, 0.05) is 5.56 Å². The van der Waals surface area contributed by atoms with Crippen LogP contribution in [0.1, 0.15) is 26.7 Å². The predicted molar refractivity (Wildman–Crippen MR) is 85.3 cm³/mol. The second-order valence-electron chi connectivity index (χ2n) is 5.62. The predicted octanol–water partition coefficient (Wildman–Crippen LogP) is 4.16. The molecule has 0 amide bonds. The Kier molecular flexibility index (Phi) is 3.43. The normalized spacial score (nSPS) is 22.6. The van der Waals surface area contributed by atoms with Crippen LogP contribution in [0.5, 0.6) is 5.75 Å². The Morgan fingerprint density at radius 2 is 1.71 bits per heavy atom. The van der Waals surface area contributed by atoms with Crippen LogP contribution < -0.4 is 9.83 Å². The summed E-state index contributed by atoms with van der Waals surface area (Å²) < 4.78 is 19.4. The number of aliphatic hydroxyl groups is 1. The van der Waals surface area contributed by atoms with Gasteiger partial charge < -0.3 is 9.63 Å². The molecule has 0 saturated heterocycles. The van der Waals surface area contributed by atoms with Gasteiger partial charge in [-0.2, -0.15) is 0 Å². The van der Waals surface area contributed by atoms with Crippen LogP contribution in [0.4, 0.5) is 0 Å². The van der Waals surface area contributed by atoms with Gasteiger partial charge >= 0.3 is 7.37 Å². The Morgan fingerprint density at radius 3 is 2.43 bits per heavy atom. The minimum atomic E-state index is -3.40. The summed E-state index contributed by atoms with van der Waals surface area (Å²) in [5.41, 5.74) is 1.81. The molecule has 0 saturated carbocycles. The number of hydrogen-bond donors (Lipinski definition) is 1. The van der Waals surface area contributed by atoms with Crippen LogP contribution in [0.15, 0.2) is 48.5 Å². The van der Waals surface area contributed by atoms with Gasteiger partial charge in [0.2, 0.25) is 0 Å². The topological polar surface area (TPSA) is 46.5 Å². The number of hydrogen-bond acceptors (Lipinski definition) is 3. The highest BCUT2D eigenvalue weighted by Crippen LogP contribution is 2.62. The van der Waals surface area contributed by atoms with Gasteiger partial charge in [-0.1, -0.05) is 49.7 Å². The summed E-state index contributed by atoms with van der Waals surface area (Å²) >= 11 is 0. The van der Waals surface area contributed by atoms with E-state index in [4.69, 9.17) is 4.52 Å². The summed E-state index contributed by atoms with van der Waals surface area (Å²) in [5.74, 6) is 0.580. The Hall–Kier alpha value is -1.57. The monoisotopic (exact) mass is 302 g/mol. The first kappa shape index (κ1) is 14.4. The SMILES string of the molecule is CCCC(C)(O)P1(=O)Oc2ccccc2-c2ccccc21. The van der Waals surface area contributed by atoms with Gasteiger partial charge in [-0.05, 0) is 31.0 Å². The van der Waals surface area contributed by atoms with Crippen LogP contribution in [0.25, 0.3) is 11.1 Å². The van der Waals surface area contributed by atoms with E-state index in [0.29, 0.717) is 17.5 Å². The Labute approximate surface area is 125 Å². The molecule has 2 aromatic carbocycles. The molecule has 2 aromatic rings. The van der Waals surface area contributed by atoms with Gasteiger partial charge in [-0.25, -0.2) is 0 Å². The molecular weight excluding hydrogens is 283 g/mol. The van der Waals surface area contributed by atoms with Crippen LogP contribution in [-0.4, -0.2) is 10.4 Å². The second-order valence-corrected chi connectivity index (χ2v) is 8.35. The van der Waals surface area contributed by atoms with Gasteiger partial charge in [-0.15, -0.1) is 0 Å². The molecule has 1 aliphatic rings. The lowest BCUT2D eigenvalue weighted by Gasteiger charge is -2.37. The molecule has 1 N–H and O–H groups in total. The third-order valence-electron chi connectivity index (χ3n) is 3.98. The van der Waals surface area contributed by atoms with E-state index in [1.165, 1.54) is 0 Å². The summed E-state index contributed by atoms with van der Waals surface area (Å²) in [4.78, 5) is 0. The van der Waals surface area contributed by atoms with Crippen LogP contribution in [0, 0.1) is 0 Å². The van der Waals surface area contributed by atoms with Gasteiger partial charge in [0.15, 0.2) is 5.34 Å². The maximum absolute atomic E-state index is 13.6. The van der Waals surface area contributed by atoms with Crippen molar-refractivity contribution in [3.8, 4) is 16.9 Å². The molecule has 2 atom stereocenters. The summed E-state index contributed by atoms with van der Waals surface area (Å²) in [6.45, 7) is 3.58. The Bertz CT molecular complexity index is 721. The highest BCUT2D eigenvalue weighted by molar-refractivity contribution is 7.69. The molecule has 1 aliphatic heterocycles. The fourth-order valence-electron chi connectivity index (χ4n) is 2.89. The van der Waals surface area contributed by atoms with Crippen LogP contribution in [-0.2, 0) is 4.57 Å². The molecule has 0 spiro atoms. The van der Waals surface area contributed by atoms with Gasteiger partial charge in [0.1, 0.15) is 5.75 Å². The largest absolute Gasteiger partial charge is 0.437 e. The standard InChI is InChI=1S/C17H19O3P/c1-3-12-17(2,18)21(19)16-11-7-5-9-14(16)13-8-4-6-10-15(13)20-21/h4-11,18H,3,12H2,1-2H3. The molecule has 0 bridgehead atoms. The van der Waals surface area contributed by atoms with Gasteiger partial charge in [0.05, 0.1) is 5.30 Å². The number of benzene rings is 2. The van der Waals surface area contributed by atoms with E-state index in [1.807, 2.05) is 43.3 Å². The number of rotatable bonds is 3. The van der Waals surface area contributed by atoms with E-state index in [2.05, 4.69) is 0 Å². The zero-order valence-electron chi connectivity index (χ0n) is 12.2. The first-order chi connectivity index (χ1) is 9.99. The molecular formula is C17H19O3P. The van der Waals surface area contributed by atoms with Crippen molar-refractivity contribution in [3.63, 3.8) is 0 Å². The van der Waals surface area contributed by atoms with E-state index in [0.717, 1.165) is 17.5 Å².